The first kappa shape index (κ1) is 12.1. The van der Waals surface area contributed by atoms with E-state index in [1.807, 2.05) is 16.6 Å². The average Bonchev–Trinajstić information content (AvgIpc) is 2.99. The van der Waals surface area contributed by atoms with Crippen LogP contribution < -0.4 is 0 Å². The Bertz CT molecular complexity index is 807. The maximum absolute atomic E-state index is 4.72. The molecule has 100 valence electrons. The van der Waals surface area contributed by atoms with Crippen molar-refractivity contribution in [2.75, 3.05) is 0 Å². The van der Waals surface area contributed by atoms with E-state index in [2.05, 4.69) is 52.2 Å². The van der Waals surface area contributed by atoms with Crippen molar-refractivity contribution in [3.05, 3.63) is 63.5 Å². The van der Waals surface area contributed by atoms with Crippen LogP contribution >= 0.6 is 15.9 Å². The van der Waals surface area contributed by atoms with Gasteiger partial charge >= 0.3 is 0 Å². The van der Waals surface area contributed by atoms with Crippen molar-refractivity contribution < 1.29 is 0 Å². The number of halogens is 1. The number of benzene rings is 1. The fourth-order valence-electron chi connectivity index (χ4n) is 3.20. The molecule has 20 heavy (non-hydrogen) atoms. The SMILES string of the molecule is Cc1ccccc1C1CCc2nc3ccc(Br)nn3c21. The first-order chi connectivity index (χ1) is 9.74. The number of fused-ring (bicyclic) bond motifs is 3. The summed E-state index contributed by atoms with van der Waals surface area (Å²) in [4.78, 5) is 4.72. The van der Waals surface area contributed by atoms with Crippen molar-refractivity contribution in [2.45, 2.75) is 25.7 Å². The molecule has 4 rings (SSSR count). The van der Waals surface area contributed by atoms with Gasteiger partial charge in [-0.3, -0.25) is 0 Å². The fourth-order valence-corrected chi connectivity index (χ4v) is 3.50. The Balaban J connectivity index is 1.95. The van der Waals surface area contributed by atoms with Crippen LogP contribution in [0, 0.1) is 6.92 Å². The Morgan fingerprint density at radius 2 is 2.05 bits per heavy atom. The van der Waals surface area contributed by atoms with Crippen molar-refractivity contribution >= 4 is 21.6 Å². The molecule has 3 nitrogen and oxygen atoms in total. The first-order valence-corrected chi connectivity index (χ1v) is 7.63. The molecular formula is C16H14BrN3. The Labute approximate surface area is 125 Å². The standard InChI is InChI=1S/C16H14BrN3/c1-10-4-2-3-5-11(10)12-6-7-13-16(12)20-15(18-13)9-8-14(17)19-20/h2-5,8-9,12H,6-7H2,1H3. The topological polar surface area (TPSA) is 30.2 Å². The predicted molar refractivity (Wildman–Crippen MR) is 82.0 cm³/mol. The van der Waals surface area contributed by atoms with E-state index >= 15 is 0 Å². The van der Waals surface area contributed by atoms with E-state index in [4.69, 9.17) is 4.98 Å². The third-order valence-electron chi connectivity index (χ3n) is 4.12. The number of hydrogen-bond acceptors (Lipinski definition) is 2. The van der Waals surface area contributed by atoms with Gasteiger partial charge in [-0.05, 0) is 59.0 Å². The number of imidazole rings is 1. The molecule has 1 aliphatic rings. The van der Waals surface area contributed by atoms with Crippen LogP contribution in [0.2, 0.25) is 0 Å². The van der Waals surface area contributed by atoms with Gasteiger partial charge in [0, 0.05) is 5.92 Å². The summed E-state index contributed by atoms with van der Waals surface area (Å²) in [5, 5.41) is 4.58. The molecule has 1 aromatic carbocycles. The first-order valence-electron chi connectivity index (χ1n) is 6.83. The van der Waals surface area contributed by atoms with Crippen LogP contribution in [0.5, 0.6) is 0 Å². The van der Waals surface area contributed by atoms with Gasteiger partial charge < -0.3 is 0 Å². The highest BCUT2D eigenvalue weighted by Crippen LogP contribution is 2.39. The Kier molecular flexibility index (Phi) is 2.67. The largest absolute Gasteiger partial charge is 0.232 e. The van der Waals surface area contributed by atoms with Gasteiger partial charge in [-0.25, -0.2) is 9.50 Å². The third-order valence-corrected chi connectivity index (χ3v) is 4.54. The smallest absolute Gasteiger partial charge is 0.154 e. The molecule has 2 aromatic heterocycles. The summed E-state index contributed by atoms with van der Waals surface area (Å²) in [7, 11) is 0. The molecular weight excluding hydrogens is 314 g/mol. The van der Waals surface area contributed by atoms with E-state index in [0.29, 0.717) is 5.92 Å². The maximum atomic E-state index is 4.72. The minimum atomic E-state index is 0.406. The molecule has 0 bridgehead atoms. The lowest BCUT2D eigenvalue weighted by molar-refractivity contribution is 0.723. The van der Waals surface area contributed by atoms with Crippen LogP contribution in [0.15, 0.2) is 41.0 Å². The van der Waals surface area contributed by atoms with Gasteiger partial charge in [-0.2, -0.15) is 5.10 Å². The van der Waals surface area contributed by atoms with E-state index in [1.165, 1.54) is 22.5 Å². The normalized spacial score (nSPS) is 17.6. The number of aryl methyl sites for hydroxylation is 2. The van der Waals surface area contributed by atoms with Crippen LogP contribution in [0.25, 0.3) is 5.65 Å². The minimum Gasteiger partial charge on any atom is -0.232 e. The van der Waals surface area contributed by atoms with E-state index in [1.54, 1.807) is 0 Å². The van der Waals surface area contributed by atoms with Gasteiger partial charge in [0.2, 0.25) is 0 Å². The lowest BCUT2D eigenvalue weighted by atomic mass is 9.93. The van der Waals surface area contributed by atoms with E-state index < -0.39 is 0 Å². The van der Waals surface area contributed by atoms with Crippen molar-refractivity contribution in [1.82, 2.24) is 14.6 Å². The van der Waals surface area contributed by atoms with Crippen molar-refractivity contribution in [1.29, 1.82) is 0 Å². The quantitative estimate of drug-likeness (QED) is 0.679. The Morgan fingerprint density at radius 1 is 1.20 bits per heavy atom. The van der Waals surface area contributed by atoms with Crippen LogP contribution in [-0.2, 0) is 6.42 Å². The predicted octanol–water partition coefficient (Wildman–Crippen LogP) is 3.88. The van der Waals surface area contributed by atoms with Crippen LogP contribution in [-0.4, -0.2) is 14.6 Å². The third kappa shape index (κ3) is 1.71. The Morgan fingerprint density at radius 3 is 2.90 bits per heavy atom. The molecule has 4 heteroatoms. The number of rotatable bonds is 1. The van der Waals surface area contributed by atoms with Gasteiger partial charge in [-0.1, -0.05) is 24.3 Å². The van der Waals surface area contributed by atoms with E-state index in [0.717, 1.165) is 23.1 Å². The van der Waals surface area contributed by atoms with Gasteiger partial charge in [0.05, 0.1) is 11.4 Å². The maximum Gasteiger partial charge on any atom is 0.154 e. The molecule has 0 N–H and O–H groups in total. The summed E-state index contributed by atoms with van der Waals surface area (Å²) in [5.41, 5.74) is 6.14. The summed E-state index contributed by atoms with van der Waals surface area (Å²) in [6, 6.07) is 12.6. The number of nitrogens with zero attached hydrogens (tertiary/aromatic N) is 3. The molecule has 0 spiro atoms. The monoisotopic (exact) mass is 327 g/mol. The molecule has 1 unspecified atom stereocenters. The highest BCUT2D eigenvalue weighted by molar-refractivity contribution is 9.10. The molecule has 3 aromatic rings. The second-order valence-electron chi connectivity index (χ2n) is 5.32. The van der Waals surface area contributed by atoms with Crippen molar-refractivity contribution in [3.8, 4) is 0 Å². The summed E-state index contributed by atoms with van der Waals surface area (Å²) in [6.45, 7) is 2.18. The lowest BCUT2D eigenvalue weighted by Gasteiger charge is -2.14. The number of aromatic nitrogens is 3. The summed E-state index contributed by atoms with van der Waals surface area (Å²) in [6.07, 6.45) is 2.16. The summed E-state index contributed by atoms with van der Waals surface area (Å²) < 4.78 is 2.85. The zero-order chi connectivity index (χ0) is 13.7. The second kappa shape index (κ2) is 4.42. The zero-order valence-electron chi connectivity index (χ0n) is 11.2. The van der Waals surface area contributed by atoms with Gasteiger partial charge in [-0.15, -0.1) is 0 Å². The average molecular weight is 328 g/mol. The van der Waals surface area contributed by atoms with Gasteiger partial charge in [0.15, 0.2) is 5.65 Å². The molecule has 0 fully saturated rings. The van der Waals surface area contributed by atoms with Crippen molar-refractivity contribution in [2.24, 2.45) is 0 Å². The Hall–Kier alpha value is -1.68. The molecule has 1 aliphatic carbocycles. The van der Waals surface area contributed by atoms with Gasteiger partial charge in [0.1, 0.15) is 4.60 Å². The van der Waals surface area contributed by atoms with E-state index in [-0.39, 0.29) is 0 Å². The fraction of sp³-hybridized carbons (Fsp3) is 0.250. The molecule has 2 heterocycles. The second-order valence-corrected chi connectivity index (χ2v) is 6.13. The highest BCUT2D eigenvalue weighted by Gasteiger charge is 2.30. The molecule has 0 radical (unpaired) electrons. The molecule has 0 saturated heterocycles. The lowest BCUT2D eigenvalue weighted by Crippen LogP contribution is -2.05. The summed E-state index contributed by atoms with van der Waals surface area (Å²) in [5.74, 6) is 0.406. The minimum absolute atomic E-state index is 0.406. The van der Waals surface area contributed by atoms with Crippen LogP contribution in [0.1, 0.15) is 34.9 Å². The highest BCUT2D eigenvalue weighted by atomic mass is 79.9. The van der Waals surface area contributed by atoms with Crippen LogP contribution in [0.3, 0.4) is 0 Å². The molecule has 0 aliphatic heterocycles. The molecule has 0 saturated carbocycles. The molecule has 1 atom stereocenters. The van der Waals surface area contributed by atoms with Crippen LogP contribution in [0.4, 0.5) is 0 Å². The summed E-state index contributed by atoms with van der Waals surface area (Å²) >= 11 is 3.46. The van der Waals surface area contributed by atoms with Crippen molar-refractivity contribution in [3.63, 3.8) is 0 Å². The van der Waals surface area contributed by atoms with Gasteiger partial charge in [0.25, 0.3) is 0 Å². The zero-order valence-corrected chi connectivity index (χ0v) is 12.8. The number of hydrogen-bond donors (Lipinski definition) is 0. The van der Waals surface area contributed by atoms with E-state index in [9.17, 15) is 0 Å². The molecule has 0 amide bonds.